The molecule has 0 saturated carbocycles. The SMILES string of the molecule is COc1cc2c(C(=O)O)cc3cc(OC)c(OCc4ccccc4)cc3c2cc1OC. The summed E-state index contributed by atoms with van der Waals surface area (Å²) < 4.78 is 22.4. The first-order valence-electron chi connectivity index (χ1n) is 9.66. The fourth-order valence-corrected chi connectivity index (χ4v) is 3.67. The van der Waals surface area contributed by atoms with E-state index >= 15 is 0 Å². The Hall–Kier alpha value is -3.93. The number of hydrogen-bond acceptors (Lipinski definition) is 5. The van der Waals surface area contributed by atoms with Crippen LogP contribution in [0.1, 0.15) is 15.9 Å². The number of aromatic carboxylic acids is 1. The molecule has 0 spiro atoms. The Morgan fingerprint density at radius 2 is 1.32 bits per heavy atom. The van der Waals surface area contributed by atoms with Crippen LogP contribution in [0.3, 0.4) is 0 Å². The van der Waals surface area contributed by atoms with Crippen molar-refractivity contribution in [1.29, 1.82) is 0 Å². The van der Waals surface area contributed by atoms with Gasteiger partial charge in [-0.15, -0.1) is 0 Å². The second-order valence-electron chi connectivity index (χ2n) is 6.98. The quantitative estimate of drug-likeness (QED) is 0.411. The molecule has 6 heteroatoms. The summed E-state index contributed by atoms with van der Waals surface area (Å²) in [7, 11) is 4.62. The third-order valence-corrected chi connectivity index (χ3v) is 5.21. The summed E-state index contributed by atoms with van der Waals surface area (Å²) in [5.41, 5.74) is 1.20. The smallest absolute Gasteiger partial charge is 0.336 e. The second-order valence-corrected chi connectivity index (χ2v) is 6.98. The van der Waals surface area contributed by atoms with Crippen molar-refractivity contribution in [3.05, 3.63) is 71.8 Å². The van der Waals surface area contributed by atoms with Crippen LogP contribution in [0, 0.1) is 0 Å². The normalized spacial score (nSPS) is 10.8. The fourth-order valence-electron chi connectivity index (χ4n) is 3.67. The van der Waals surface area contributed by atoms with Gasteiger partial charge in [-0.05, 0) is 52.1 Å². The fraction of sp³-hybridized carbons (Fsp3) is 0.160. The van der Waals surface area contributed by atoms with Crippen LogP contribution in [0.25, 0.3) is 21.5 Å². The van der Waals surface area contributed by atoms with Gasteiger partial charge in [0.25, 0.3) is 0 Å². The van der Waals surface area contributed by atoms with Crippen molar-refractivity contribution in [2.45, 2.75) is 6.61 Å². The lowest BCUT2D eigenvalue weighted by Gasteiger charge is -2.16. The summed E-state index contributed by atoms with van der Waals surface area (Å²) in [4.78, 5) is 12.0. The highest BCUT2D eigenvalue weighted by atomic mass is 16.5. The van der Waals surface area contributed by atoms with Crippen LogP contribution >= 0.6 is 0 Å². The number of carboxylic acid groups (broad SMARTS) is 1. The van der Waals surface area contributed by atoms with E-state index in [1.165, 1.54) is 7.11 Å². The van der Waals surface area contributed by atoms with Gasteiger partial charge in [0.05, 0.1) is 26.9 Å². The molecule has 0 aromatic heterocycles. The minimum absolute atomic E-state index is 0.170. The molecular formula is C25H22O6. The Kier molecular flexibility index (Phi) is 5.54. The Labute approximate surface area is 179 Å². The highest BCUT2D eigenvalue weighted by Gasteiger charge is 2.18. The first-order chi connectivity index (χ1) is 15.0. The summed E-state index contributed by atoms with van der Waals surface area (Å²) in [5.74, 6) is 1.05. The summed E-state index contributed by atoms with van der Waals surface area (Å²) in [6.45, 7) is 0.380. The predicted molar refractivity (Wildman–Crippen MR) is 119 cm³/mol. The van der Waals surface area contributed by atoms with Gasteiger partial charge in [0.15, 0.2) is 23.0 Å². The van der Waals surface area contributed by atoms with Crippen LogP contribution in [0.4, 0.5) is 0 Å². The van der Waals surface area contributed by atoms with Gasteiger partial charge in [0.1, 0.15) is 6.61 Å². The maximum Gasteiger partial charge on any atom is 0.336 e. The lowest BCUT2D eigenvalue weighted by molar-refractivity contribution is 0.0699. The van der Waals surface area contributed by atoms with Crippen LogP contribution in [0.5, 0.6) is 23.0 Å². The van der Waals surface area contributed by atoms with Gasteiger partial charge in [0.2, 0.25) is 0 Å². The van der Waals surface area contributed by atoms with Gasteiger partial charge in [-0.25, -0.2) is 4.79 Å². The lowest BCUT2D eigenvalue weighted by atomic mass is 9.96. The molecule has 0 bridgehead atoms. The first-order valence-corrected chi connectivity index (χ1v) is 9.66. The molecule has 4 rings (SSSR count). The molecule has 1 N–H and O–H groups in total. The Bertz CT molecular complexity index is 1260. The molecule has 4 aromatic rings. The summed E-state index contributed by atoms with van der Waals surface area (Å²) in [6, 6.07) is 18.6. The van der Waals surface area contributed by atoms with Crippen molar-refractivity contribution < 1.29 is 28.8 Å². The third-order valence-electron chi connectivity index (χ3n) is 5.21. The first kappa shape index (κ1) is 20.3. The molecule has 0 amide bonds. The molecule has 0 fully saturated rings. The van der Waals surface area contributed by atoms with Crippen molar-refractivity contribution in [3.63, 3.8) is 0 Å². The minimum atomic E-state index is -1.03. The molecule has 0 aliphatic carbocycles. The second kappa shape index (κ2) is 8.44. The van der Waals surface area contributed by atoms with E-state index in [1.807, 2.05) is 36.4 Å². The van der Waals surface area contributed by atoms with E-state index in [1.54, 1.807) is 38.5 Å². The van der Waals surface area contributed by atoms with E-state index in [0.717, 1.165) is 21.7 Å². The standard InChI is InChI=1S/C25H22O6/c1-28-21-10-16-9-20(25(26)27)19-13-23(30-3)22(29-2)12-18(19)17(16)11-24(21)31-14-15-7-5-4-6-8-15/h4-13H,14H2,1-3H3,(H,26,27). The highest BCUT2D eigenvalue weighted by molar-refractivity contribution is 6.17. The number of methoxy groups -OCH3 is 3. The molecule has 31 heavy (non-hydrogen) atoms. The number of benzene rings is 4. The van der Waals surface area contributed by atoms with Gasteiger partial charge >= 0.3 is 5.97 Å². The largest absolute Gasteiger partial charge is 0.493 e. The average molecular weight is 418 g/mol. The Morgan fingerprint density at radius 3 is 1.94 bits per heavy atom. The van der Waals surface area contributed by atoms with E-state index < -0.39 is 5.97 Å². The van der Waals surface area contributed by atoms with Crippen LogP contribution < -0.4 is 18.9 Å². The van der Waals surface area contributed by atoms with E-state index in [-0.39, 0.29) is 5.56 Å². The van der Waals surface area contributed by atoms with Crippen LogP contribution in [0.2, 0.25) is 0 Å². The zero-order valence-electron chi connectivity index (χ0n) is 17.5. The maximum atomic E-state index is 12.0. The van der Waals surface area contributed by atoms with Gasteiger partial charge in [-0.2, -0.15) is 0 Å². The van der Waals surface area contributed by atoms with Gasteiger partial charge < -0.3 is 24.1 Å². The summed E-state index contributed by atoms with van der Waals surface area (Å²) in [5, 5.41) is 12.6. The number of fused-ring (bicyclic) bond motifs is 3. The van der Waals surface area contributed by atoms with E-state index in [2.05, 4.69) is 0 Å². The molecule has 0 saturated heterocycles. The topological polar surface area (TPSA) is 74.2 Å². The summed E-state index contributed by atoms with van der Waals surface area (Å²) in [6.07, 6.45) is 0. The zero-order valence-corrected chi connectivity index (χ0v) is 17.5. The van der Waals surface area contributed by atoms with E-state index in [4.69, 9.17) is 18.9 Å². The lowest BCUT2D eigenvalue weighted by Crippen LogP contribution is -2.01. The van der Waals surface area contributed by atoms with Crippen molar-refractivity contribution in [2.75, 3.05) is 21.3 Å². The molecule has 4 aromatic carbocycles. The molecule has 0 atom stereocenters. The van der Waals surface area contributed by atoms with Gasteiger partial charge in [-0.1, -0.05) is 30.3 Å². The monoisotopic (exact) mass is 418 g/mol. The average Bonchev–Trinajstić information content (AvgIpc) is 2.81. The number of hydrogen-bond donors (Lipinski definition) is 1. The third kappa shape index (κ3) is 3.80. The number of ether oxygens (including phenoxy) is 4. The zero-order chi connectivity index (χ0) is 22.0. The van der Waals surface area contributed by atoms with Gasteiger partial charge in [-0.3, -0.25) is 0 Å². The number of carbonyl (C=O) groups is 1. The van der Waals surface area contributed by atoms with Crippen LogP contribution in [-0.2, 0) is 6.61 Å². The molecular weight excluding hydrogens is 396 g/mol. The van der Waals surface area contributed by atoms with Crippen molar-refractivity contribution >= 4 is 27.5 Å². The minimum Gasteiger partial charge on any atom is -0.493 e. The predicted octanol–water partition coefficient (Wildman–Crippen LogP) is 5.30. The van der Waals surface area contributed by atoms with E-state index in [0.29, 0.717) is 35.0 Å². The Balaban J connectivity index is 1.94. The molecule has 0 aliphatic heterocycles. The Morgan fingerprint density at radius 1 is 0.742 bits per heavy atom. The van der Waals surface area contributed by atoms with Crippen LogP contribution in [-0.4, -0.2) is 32.4 Å². The van der Waals surface area contributed by atoms with Crippen LogP contribution in [0.15, 0.2) is 60.7 Å². The van der Waals surface area contributed by atoms with Crippen molar-refractivity contribution in [3.8, 4) is 23.0 Å². The maximum absolute atomic E-state index is 12.0. The van der Waals surface area contributed by atoms with E-state index in [9.17, 15) is 9.90 Å². The van der Waals surface area contributed by atoms with Crippen molar-refractivity contribution in [2.24, 2.45) is 0 Å². The molecule has 0 unspecified atom stereocenters. The summed E-state index contributed by atoms with van der Waals surface area (Å²) >= 11 is 0. The molecule has 0 aliphatic rings. The number of carboxylic acids is 1. The molecule has 6 nitrogen and oxygen atoms in total. The van der Waals surface area contributed by atoms with Gasteiger partial charge in [0, 0.05) is 5.39 Å². The highest BCUT2D eigenvalue weighted by Crippen LogP contribution is 2.41. The molecule has 158 valence electrons. The molecule has 0 heterocycles. The number of rotatable bonds is 7. The van der Waals surface area contributed by atoms with Crippen molar-refractivity contribution in [1.82, 2.24) is 0 Å². The molecule has 0 radical (unpaired) electrons.